The minimum absolute atomic E-state index is 0.132. The Bertz CT molecular complexity index is 522. The number of rotatable bonds is 10. The fourth-order valence-electron chi connectivity index (χ4n) is 2.37. The molecule has 25 heavy (non-hydrogen) atoms. The number of benzene rings is 1. The molecule has 0 aliphatic heterocycles. The summed E-state index contributed by atoms with van der Waals surface area (Å²) in [7, 11) is 0. The third kappa shape index (κ3) is 9.10. The van der Waals surface area contributed by atoms with E-state index in [9.17, 15) is 0 Å². The predicted octanol–water partition coefficient (Wildman–Crippen LogP) is 3.93. The molecule has 0 aliphatic rings. The zero-order chi connectivity index (χ0) is 19.1. The Morgan fingerprint density at radius 2 is 1.68 bits per heavy atom. The Morgan fingerprint density at radius 3 is 2.24 bits per heavy atom. The molecule has 0 saturated heterocycles. The molecule has 0 unspecified atom stereocenters. The molecule has 0 bridgehead atoms. The summed E-state index contributed by atoms with van der Waals surface area (Å²) in [5.74, 6) is 1.18. The zero-order valence-corrected chi connectivity index (χ0v) is 16.9. The Hall–Kier alpha value is -1.30. The maximum Gasteiger partial charge on any atom is 0.139 e. The molecule has 1 rings (SSSR count). The molecule has 0 fully saturated rings. The molecule has 5 nitrogen and oxygen atoms in total. The Kier molecular flexibility index (Phi) is 8.19. The predicted molar refractivity (Wildman–Crippen MR) is 104 cm³/mol. The summed E-state index contributed by atoms with van der Waals surface area (Å²) in [6.07, 6.45) is 0. The van der Waals surface area contributed by atoms with Crippen LogP contribution in [0.25, 0.3) is 0 Å². The van der Waals surface area contributed by atoms with Crippen LogP contribution in [-0.2, 0) is 9.47 Å². The van der Waals surface area contributed by atoms with E-state index in [-0.39, 0.29) is 11.2 Å². The van der Waals surface area contributed by atoms with Crippen molar-refractivity contribution in [3.8, 4) is 5.75 Å². The molecule has 0 radical (unpaired) electrons. The van der Waals surface area contributed by atoms with Crippen LogP contribution in [-0.4, -0.2) is 37.7 Å². The zero-order valence-electron chi connectivity index (χ0n) is 16.9. The summed E-state index contributed by atoms with van der Waals surface area (Å²) in [4.78, 5) is 0. The lowest BCUT2D eigenvalue weighted by Crippen LogP contribution is -2.40. The second kappa shape index (κ2) is 9.41. The van der Waals surface area contributed by atoms with Crippen LogP contribution in [0.15, 0.2) is 18.2 Å². The average Bonchev–Trinajstić information content (AvgIpc) is 2.47. The third-order valence-electron chi connectivity index (χ3n) is 3.68. The Morgan fingerprint density at radius 1 is 1.04 bits per heavy atom. The van der Waals surface area contributed by atoms with Crippen molar-refractivity contribution in [2.45, 2.75) is 65.6 Å². The van der Waals surface area contributed by atoms with Gasteiger partial charge >= 0.3 is 0 Å². The summed E-state index contributed by atoms with van der Waals surface area (Å²) in [6, 6.07) is 5.86. The number of nitrogens with one attached hydrogen (secondary N) is 1. The number of nitrogens with two attached hydrogens (primary N) is 1. The topological polar surface area (TPSA) is 65.7 Å². The number of anilines is 1. The van der Waals surface area contributed by atoms with E-state index < -0.39 is 0 Å². The van der Waals surface area contributed by atoms with Gasteiger partial charge in [0.25, 0.3) is 0 Å². The van der Waals surface area contributed by atoms with Crippen molar-refractivity contribution in [3.63, 3.8) is 0 Å². The number of ether oxygens (including phenoxy) is 3. The van der Waals surface area contributed by atoms with E-state index in [1.165, 1.54) is 0 Å². The van der Waals surface area contributed by atoms with E-state index in [1.807, 2.05) is 52.8 Å². The van der Waals surface area contributed by atoms with E-state index in [0.717, 1.165) is 17.0 Å². The molecule has 0 spiro atoms. The molecule has 0 heterocycles. The van der Waals surface area contributed by atoms with Crippen molar-refractivity contribution >= 4 is 5.69 Å². The van der Waals surface area contributed by atoms with Gasteiger partial charge in [0.05, 0.1) is 24.4 Å². The lowest BCUT2D eigenvalue weighted by atomic mass is 10.0. The summed E-state index contributed by atoms with van der Waals surface area (Å²) in [6.45, 7) is 16.7. The summed E-state index contributed by atoms with van der Waals surface area (Å²) < 4.78 is 17.3. The van der Waals surface area contributed by atoms with Crippen molar-refractivity contribution in [1.29, 1.82) is 0 Å². The van der Waals surface area contributed by atoms with Crippen LogP contribution in [0.1, 0.15) is 59.9 Å². The normalized spacial score (nSPS) is 12.6. The van der Waals surface area contributed by atoms with Crippen molar-refractivity contribution in [1.82, 2.24) is 5.32 Å². The molecule has 0 saturated carbocycles. The minimum atomic E-state index is -0.287. The molecular formula is C20H36N2O3. The van der Waals surface area contributed by atoms with Gasteiger partial charge < -0.3 is 19.9 Å². The quantitative estimate of drug-likeness (QED) is 0.379. The van der Waals surface area contributed by atoms with Crippen LogP contribution >= 0.6 is 0 Å². The Labute approximate surface area is 153 Å². The van der Waals surface area contributed by atoms with Crippen molar-refractivity contribution in [2.24, 2.45) is 0 Å². The fraction of sp³-hybridized carbons (Fsp3) is 0.700. The smallest absolute Gasteiger partial charge is 0.139 e. The third-order valence-corrected chi connectivity index (χ3v) is 3.68. The van der Waals surface area contributed by atoms with E-state index in [0.29, 0.717) is 32.4 Å². The van der Waals surface area contributed by atoms with Crippen molar-refractivity contribution < 1.29 is 14.2 Å². The van der Waals surface area contributed by atoms with Gasteiger partial charge in [0.15, 0.2) is 0 Å². The first kappa shape index (κ1) is 21.7. The van der Waals surface area contributed by atoms with Gasteiger partial charge in [-0.2, -0.15) is 0 Å². The minimum Gasteiger partial charge on any atom is -0.478 e. The molecule has 144 valence electrons. The van der Waals surface area contributed by atoms with Gasteiger partial charge in [-0.15, -0.1) is 0 Å². The molecule has 0 atom stereocenters. The van der Waals surface area contributed by atoms with Crippen molar-refractivity contribution in [3.05, 3.63) is 23.8 Å². The summed E-state index contributed by atoms with van der Waals surface area (Å²) in [5.41, 5.74) is 7.56. The maximum atomic E-state index is 6.06. The second-order valence-corrected chi connectivity index (χ2v) is 8.23. The van der Waals surface area contributed by atoms with Gasteiger partial charge in [-0.05, 0) is 52.2 Å². The van der Waals surface area contributed by atoms with Gasteiger partial charge in [0.1, 0.15) is 12.5 Å². The van der Waals surface area contributed by atoms with Crippen LogP contribution in [0, 0.1) is 0 Å². The molecular weight excluding hydrogens is 316 g/mol. The highest BCUT2D eigenvalue weighted by Crippen LogP contribution is 2.25. The standard InChI is InChI=1S/C20H36N2O3/c1-15(2)17-9-8-16(12-18(17)21)23-14-22-13-20(6,7)25-11-10-24-19(3,4)5/h8-9,12,15,22H,10-11,13-14,21H2,1-7H3. The highest BCUT2D eigenvalue weighted by atomic mass is 16.5. The van der Waals surface area contributed by atoms with Gasteiger partial charge in [-0.3, -0.25) is 5.32 Å². The van der Waals surface area contributed by atoms with Gasteiger partial charge in [-0.25, -0.2) is 0 Å². The molecule has 0 amide bonds. The van der Waals surface area contributed by atoms with Gasteiger partial charge in [-0.1, -0.05) is 19.9 Å². The molecule has 5 heteroatoms. The number of nitrogen functional groups attached to an aromatic ring is 1. The first-order chi connectivity index (χ1) is 11.5. The van der Waals surface area contributed by atoms with Gasteiger partial charge in [0.2, 0.25) is 0 Å². The molecule has 1 aromatic rings. The number of hydrogen-bond donors (Lipinski definition) is 2. The van der Waals surface area contributed by atoms with E-state index >= 15 is 0 Å². The number of hydrogen-bond acceptors (Lipinski definition) is 5. The van der Waals surface area contributed by atoms with Crippen LogP contribution in [0.2, 0.25) is 0 Å². The lowest BCUT2D eigenvalue weighted by molar-refractivity contribution is -0.0782. The van der Waals surface area contributed by atoms with Gasteiger partial charge in [0, 0.05) is 18.3 Å². The highest BCUT2D eigenvalue weighted by molar-refractivity contribution is 5.52. The fourth-order valence-corrected chi connectivity index (χ4v) is 2.37. The monoisotopic (exact) mass is 352 g/mol. The van der Waals surface area contributed by atoms with Crippen LogP contribution in [0.5, 0.6) is 5.75 Å². The van der Waals surface area contributed by atoms with E-state index in [2.05, 4.69) is 19.2 Å². The molecule has 0 aliphatic carbocycles. The molecule has 3 N–H and O–H groups in total. The maximum absolute atomic E-state index is 6.06. The van der Waals surface area contributed by atoms with Crippen LogP contribution in [0.3, 0.4) is 0 Å². The van der Waals surface area contributed by atoms with E-state index in [1.54, 1.807) is 0 Å². The van der Waals surface area contributed by atoms with Crippen molar-refractivity contribution in [2.75, 3.05) is 32.2 Å². The first-order valence-corrected chi connectivity index (χ1v) is 9.01. The second-order valence-electron chi connectivity index (χ2n) is 8.23. The van der Waals surface area contributed by atoms with Crippen LogP contribution < -0.4 is 15.8 Å². The molecule has 0 aromatic heterocycles. The highest BCUT2D eigenvalue weighted by Gasteiger charge is 2.18. The Balaban J connectivity index is 2.28. The molecule has 1 aromatic carbocycles. The largest absolute Gasteiger partial charge is 0.478 e. The lowest BCUT2D eigenvalue weighted by Gasteiger charge is -2.27. The average molecular weight is 353 g/mol. The van der Waals surface area contributed by atoms with E-state index in [4.69, 9.17) is 19.9 Å². The summed E-state index contributed by atoms with van der Waals surface area (Å²) in [5, 5.41) is 3.26. The SMILES string of the molecule is CC(C)c1ccc(OCNCC(C)(C)OCCOC(C)(C)C)cc1N. The van der Waals surface area contributed by atoms with Crippen LogP contribution in [0.4, 0.5) is 5.69 Å². The summed E-state index contributed by atoms with van der Waals surface area (Å²) >= 11 is 0. The first-order valence-electron chi connectivity index (χ1n) is 9.01.